The van der Waals surface area contributed by atoms with Gasteiger partial charge in [-0.2, -0.15) is 0 Å². The van der Waals surface area contributed by atoms with Crippen molar-refractivity contribution >= 4 is 0 Å². The molecule has 4 aromatic carbocycles. The maximum Gasteiger partial charge on any atom is 0.119 e. The zero-order valence-corrected chi connectivity index (χ0v) is 17.9. The van der Waals surface area contributed by atoms with E-state index in [1.807, 2.05) is 19.9 Å². The summed E-state index contributed by atoms with van der Waals surface area (Å²) < 4.78 is 11.4. The monoisotopic (exact) mass is 405 g/mol. The number of fused-ring (bicyclic) bond motifs is 3. The molecule has 0 N–H and O–H groups in total. The summed E-state index contributed by atoms with van der Waals surface area (Å²) in [7, 11) is 0. The van der Waals surface area contributed by atoms with Gasteiger partial charge in [0.2, 0.25) is 0 Å². The van der Waals surface area contributed by atoms with Crippen LogP contribution >= 0.6 is 0 Å². The van der Waals surface area contributed by atoms with Crippen molar-refractivity contribution in [1.29, 1.82) is 0 Å². The van der Waals surface area contributed by atoms with Gasteiger partial charge in [0.15, 0.2) is 0 Å². The van der Waals surface area contributed by atoms with E-state index in [0.29, 0.717) is 13.2 Å². The normalized spacial score (nSPS) is 13.4. The molecule has 0 aliphatic heterocycles. The molecule has 31 heavy (non-hydrogen) atoms. The Hall–Kier alpha value is -3.52. The lowest BCUT2D eigenvalue weighted by Gasteiger charge is -2.33. The van der Waals surface area contributed by atoms with E-state index in [2.05, 4.69) is 91.0 Å². The zero-order chi connectivity index (χ0) is 21.3. The first kappa shape index (κ1) is 19.4. The van der Waals surface area contributed by atoms with Gasteiger partial charge >= 0.3 is 0 Å². The summed E-state index contributed by atoms with van der Waals surface area (Å²) in [5, 5.41) is 0. The fraction of sp³-hybridized carbons (Fsp3) is 0.172. The Morgan fingerprint density at radius 2 is 1.19 bits per heavy atom. The number of ether oxygens (including phenoxy) is 2. The van der Waals surface area contributed by atoms with Crippen LogP contribution < -0.4 is 9.47 Å². The molecule has 0 aromatic heterocycles. The van der Waals surface area contributed by atoms with Crippen LogP contribution in [0.25, 0.3) is 11.1 Å². The molecule has 153 valence electrons. The third kappa shape index (κ3) is 3.02. The average molecular weight is 406 g/mol. The maximum absolute atomic E-state index is 5.72. The zero-order valence-electron chi connectivity index (χ0n) is 17.9. The van der Waals surface area contributed by atoms with Gasteiger partial charge in [0.25, 0.3) is 0 Å². The van der Waals surface area contributed by atoms with Crippen LogP contribution in [-0.4, -0.2) is 13.2 Å². The fourth-order valence-corrected chi connectivity index (χ4v) is 4.85. The van der Waals surface area contributed by atoms with E-state index in [-0.39, 0.29) is 0 Å². The molecule has 0 amide bonds. The Kier molecular flexibility index (Phi) is 4.99. The van der Waals surface area contributed by atoms with Gasteiger partial charge in [0.05, 0.1) is 18.6 Å². The molecular weight excluding hydrogens is 380 g/mol. The van der Waals surface area contributed by atoms with Crippen molar-refractivity contribution in [2.24, 2.45) is 0 Å². The largest absolute Gasteiger partial charge is 0.494 e. The number of hydrogen-bond acceptors (Lipinski definition) is 2. The van der Waals surface area contributed by atoms with Gasteiger partial charge in [-0.25, -0.2) is 0 Å². The molecule has 1 aliphatic carbocycles. The molecule has 0 bridgehead atoms. The lowest BCUT2D eigenvalue weighted by molar-refractivity contribution is 0.340. The molecule has 4 aromatic rings. The lowest BCUT2D eigenvalue weighted by Crippen LogP contribution is -2.28. The topological polar surface area (TPSA) is 18.5 Å². The predicted molar refractivity (Wildman–Crippen MR) is 125 cm³/mol. The first-order valence-electron chi connectivity index (χ1n) is 10.9. The van der Waals surface area contributed by atoms with Gasteiger partial charge < -0.3 is 9.47 Å². The Labute approximate surface area is 184 Å². The Morgan fingerprint density at radius 3 is 1.77 bits per heavy atom. The molecule has 1 radical (unpaired) electrons. The summed E-state index contributed by atoms with van der Waals surface area (Å²) in [6, 6.07) is 35.6. The molecule has 5 rings (SSSR count). The molecule has 0 saturated heterocycles. The second kappa shape index (κ2) is 7.96. The molecule has 0 fully saturated rings. The first-order valence-corrected chi connectivity index (χ1v) is 10.9. The van der Waals surface area contributed by atoms with Crippen LogP contribution in [0, 0.1) is 6.07 Å². The molecular formula is C29H25O2. The van der Waals surface area contributed by atoms with Gasteiger partial charge in [-0.1, -0.05) is 66.7 Å². The predicted octanol–water partition coefficient (Wildman–Crippen LogP) is 6.65. The van der Waals surface area contributed by atoms with Gasteiger partial charge in [-0.05, 0) is 77.6 Å². The quantitative estimate of drug-likeness (QED) is 0.315. The minimum Gasteiger partial charge on any atom is -0.494 e. The molecule has 0 atom stereocenters. The van der Waals surface area contributed by atoms with E-state index >= 15 is 0 Å². The van der Waals surface area contributed by atoms with E-state index in [0.717, 1.165) is 11.5 Å². The minimum atomic E-state index is -0.442. The van der Waals surface area contributed by atoms with Crippen LogP contribution in [0.5, 0.6) is 11.5 Å². The van der Waals surface area contributed by atoms with E-state index in [4.69, 9.17) is 9.47 Å². The van der Waals surface area contributed by atoms with E-state index in [9.17, 15) is 0 Å². The first-order chi connectivity index (χ1) is 15.3. The van der Waals surface area contributed by atoms with Crippen molar-refractivity contribution < 1.29 is 9.47 Å². The van der Waals surface area contributed by atoms with Crippen LogP contribution in [-0.2, 0) is 5.41 Å². The van der Waals surface area contributed by atoms with E-state index in [1.54, 1.807) is 0 Å². The highest BCUT2D eigenvalue weighted by Crippen LogP contribution is 2.55. The van der Waals surface area contributed by atoms with Gasteiger partial charge in [-0.3, -0.25) is 0 Å². The second-order valence-electron chi connectivity index (χ2n) is 7.67. The molecule has 0 saturated carbocycles. The molecule has 0 spiro atoms. The number of hydrogen-bond donors (Lipinski definition) is 0. The van der Waals surface area contributed by atoms with Crippen molar-refractivity contribution in [3.8, 4) is 22.6 Å². The van der Waals surface area contributed by atoms with Crippen molar-refractivity contribution in [1.82, 2.24) is 0 Å². The van der Waals surface area contributed by atoms with E-state index in [1.165, 1.54) is 33.4 Å². The Balaban J connectivity index is 1.80. The molecule has 0 unspecified atom stereocenters. The Morgan fingerprint density at radius 1 is 0.645 bits per heavy atom. The molecule has 2 heteroatoms. The SMILES string of the molecule is CCOc1ccc(C2(c3ccc(OCC)cc3)c3[c]cccc3-c3ccccc32)cc1. The van der Waals surface area contributed by atoms with E-state index < -0.39 is 5.41 Å². The number of rotatable bonds is 6. The third-order valence-electron chi connectivity index (χ3n) is 6.05. The van der Waals surface area contributed by atoms with Crippen LogP contribution in [0.3, 0.4) is 0 Å². The summed E-state index contributed by atoms with van der Waals surface area (Å²) in [5.74, 6) is 1.77. The summed E-state index contributed by atoms with van der Waals surface area (Å²) in [6.45, 7) is 5.33. The van der Waals surface area contributed by atoms with Crippen LogP contribution in [0.2, 0.25) is 0 Å². The standard InChI is InChI=1S/C29H25O2/c1-3-30-23-17-13-21(14-18-23)29(22-15-19-24(20-16-22)31-4-2)27-11-7-5-9-25(27)26-10-6-8-12-28(26)29/h5-11,13-20H,3-4H2,1-2H3. The van der Waals surface area contributed by atoms with Gasteiger partial charge in [0, 0.05) is 0 Å². The molecule has 1 aliphatic rings. The second-order valence-corrected chi connectivity index (χ2v) is 7.67. The highest BCUT2D eigenvalue weighted by Gasteiger charge is 2.46. The summed E-state index contributed by atoms with van der Waals surface area (Å²) in [5.41, 5.74) is 6.92. The van der Waals surface area contributed by atoms with Crippen molar-refractivity contribution in [2.75, 3.05) is 13.2 Å². The van der Waals surface area contributed by atoms with Crippen LogP contribution in [0.15, 0.2) is 91.0 Å². The summed E-state index contributed by atoms with van der Waals surface area (Å²) in [4.78, 5) is 0. The average Bonchev–Trinajstić information content (AvgIpc) is 3.12. The van der Waals surface area contributed by atoms with Crippen molar-refractivity contribution in [2.45, 2.75) is 19.3 Å². The highest BCUT2D eigenvalue weighted by molar-refractivity contribution is 5.86. The van der Waals surface area contributed by atoms with Crippen LogP contribution in [0.1, 0.15) is 36.1 Å². The number of benzene rings is 4. The van der Waals surface area contributed by atoms with Gasteiger partial charge in [-0.15, -0.1) is 0 Å². The van der Waals surface area contributed by atoms with Gasteiger partial charge in [0.1, 0.15) is 11.5 Å². The maximum atomic E-state index is 5.72. The smallest absolute Gasteiger partial charge is 0.119 e. The highest BCUT2D eigenvalue weighted by atomic mass is 16.5. The molecule has 2 nitrogen and oxygen atoms in total. The van der Waals surface area contributed by atoms with Crippen molar-refractivity contribution in [3.63, 3.8) is 0 Å². The fourth-order valence-electron chi connectivity index (χ4n) is 4.85. The van der Waals surface area contributed by atoms with Crippen molar-refractivity contribution in [3.05, 3.63) is 119 Å². The summed E-state index contributed by atoms with van der Waals surface area (Å²) in [6.07, 6.45) is 0. The summed E-state index contributed by atoms with van der Waals surface area (Å²) >= 11 is 0. The minimum absolute atomic E-state index is 0.442. The third-order valence-corrected chi connectivity index (χ3v) is 6.05. The molecule has 0 heterocycles. The Bertz CT molecular complexity index is 1090. The van der Waals surface area contributed by atoms with Crippen LogP contribution in [0.4, 0.5) is 0 Å². The lowest BCUT2D eigenvalue weighted by atomic mass is 9.68.